The largest absolute Gasteiger partial charge is 0.115 e. The van der Waals surface area contributed by atoms with E-state index in [0.29, 0.717) is 5.92 Å². The standard InChI is InChI=1S/C8H12/c1-4-6-7-8(3)5-2/h1,6-8H,5H2,2-3H3/b7-6+/t8-/m1/s1. The van der Waals surface area contributed by atoms with Gasteiger partial charge in [-0.05, 0) is 12.0 Å². The van der Waals surface area contributed by atoms with Gasteiger partial charge in [0.1, 0.15) is 0 Å². The Hall–Kier alpha value is -0.700. The van der Waals surface area contributed by atoms with E-state index in [4.69, 9.17) is 6.42 Å². The Morgan fingerprint density at radius 3 is 2.75 bits per heavy atom. The first-order valence-electron chi connectivity index (χ1n) is 2.94. The van der Waals surface area contributed by atoms with Gasteiger partial charge in [-0.3, -0.25) is 0 Å². The molecule has 0 nitrogen and oxygen atoms in total. The van der Waals surface area contributed by atoms with E-state index in [0.717, 1.165) is 6.42 Å². The Labute approximate surface area is 51.6 Å². The highest BCUT2D eigenvalue weighted by Crippen LogP contribution is 2.00. The Balaban J connectivity index is 3.40. The van der Waals surface area contributed by atoms with Gasteiger partial charge in [-0.25, -0.2) is 0 Å². The van der Waals surface area contributed by atoms with Crippen LogP contribution in [0.2, 0.25) is 0 Å². The van der Waals surface area contributed by atoms with E-state index in [9.17, 15) is 0 Å². The fourth-order valence-corrected chi connectivity index (χ4v) is 0.356. The molecule has 0 heterocycles. The minimum Gasteiger partial charge on any atom is -0.115 e. The summed E-state index contributed by atoms with van der Waals surface area (Å²) in [7, 11) is 0. The lowest BCUT2D eigenvalue weighted by Crippen LogP contribution is -1.82. The van der Waals surface area contributed by atoms with Crippen LogP contribution in [0.4, 0.5) is 0 Å². The second kappa shape index (κ2) is 4.46. The number of allylic oxidation sites excluding steroid dienone is 2. The lowest BCUT2D eigenvalue weighted by molar-refractivity contribution is 0.698. The minimum atomic E-state index is 0.631. The van der Waals surface area contributed by atoms with Crippen LogP contribution in [-0.4, -0.2) is 0 Å². The van der Waals surface area contributed by atoms with Gasteiger partial charge in [0.05, 0.1) is 0 Å². The Morgan fingerprint density at radius 1 is 1.75 bits per heavy atom. The van der Waals surface area contributed by atoms with Gasteiger partial charge in [-0.15, -0.1) is 6.42 Å². The average molecular weight is 108 g/mol. The molecule has 0 saturated heterocycles. The third-order valence-corrected chi connectivity index (χ3v) is 1.16. The van der Waals surface area contributed by atoms with Gasteiger partial charge in [0.25, 0.3) is 0 Å². The van der Waals surface area contributed by atoms with Gasteiger partial charge in [0.15, 0.2) is 0 Å². The molecular weight excluding hydrogens is 96.1 g/mol. The molecule has 1 atom stereocenters. The van der Waals surface area contributed by atoms with Gasteiger partial charge in [0.2, 0.25) is 0 Å². The zero-order valence-electron chi connectivity index (χ0n) is 5.52. The smallest absolute Gasteiger partial charge is 0.0159 e. The predicted octanol–water partition coefficient (Wildman–Crippen LogP) is 2.22. The fraction of sp³-hybridized carbons (Fsp3) is 0.500. The molecule has 8 heavy (non-hydrogen) atoms. The van der Waals surface area contributed by atoms with Crippen molar-refractivity contribution in [2.75, 3.05) is 0 Å². The molecule has 0 N–H and O–H groups in total. The summed E-state index contributed by atoms with van der Waals surface area (Å²) < 4.78 is 0. The molecule has 0 fully saturated rings. The van der Waals surface area contributed by atoms with Gasteiger partial charge < -0.3 is 0 Å². The fourth-order valence-electron chi connectivity index (χ4n) is 0.356. The van der Waals surface area contributed by atoms with Crippen LogP contribution in [0.3, 0.4) is 0 Å². The molecule has 0 spiro atoms. The first kappa shape index (κ1) is 7.30. The number of hydrogen-bond donors (Lipinski definition) is 0. The van der Waals surface area contributed by atoms with Crippen molar-refractivity contribution in [3.05, 3.63) is 12.2 Å². The lowest BCUT2D eigenvalue weighted by Gasteiger charge is -1.95. The van der Waals surface area contributed by atoms with E-state index in [1.54, 1.807) is 6.08 Å². The summed E-state index contributed by atoms with van der Waals surface area (Å²) in [6.07, 6.45) is 9.96. The van der Waals surface area contributed by atoms with Crippen molar-refractivity contribution >= 4 is 0 Å². The maximum Gasteiger partial charge on any atom is -0.0159 e. The van der Waals surface area contributed by atoms with Gasteiger partial charge in [-0.2, -0.15) is 0 Å². The van der Waals surface area contributed by atoms with Crippen LogP contribution in [0.5, 0.6) is 0 Å². The van der Waals surface area contributed by atoms with Crippen molar-refractivity contribution in [1.29, 1.82) is 0 Å². The first-order valence-corrected chi connectivity index (χ1v) is 2.94. The van der Waals surface area contributed by atoms with Crippen LogP contribution < -0.4 is 0 Å². The van der Waals surface area contributed by atoms with Crippen LogP contribution in [0.15, 0.2) is 12.2 Å². The molecule has 0 radical (unpaired) electrons. The van der Waals surface area contributed by atoms with E-state index < -0.39 is 0 Å². The van der Waals surface area contributed by atoms with Crippen LogP contribution in [0.25, 0.3) is 0 Å². The molecule has 0 aliphatic carbocycles. The predicted molar refractivity (Wildman–Crippen MR) is 37.4 cm³/mol. The molecule has 0 saturated carbocycles. The molecule has 0 aromatic rings. The zero-order valence-corrected chi connectivity index (χ0v) is 5.52. The highest BCUT2D eigenvalue weighted by Gasteiger charge is 1.86. The molecule has 0 aromatic carbocycles. The van der Waals surface area contributed by atoms with Crippen LogP contribution in [0.1, 0.15) is 20.3 Å². The molecule has 0 aliphatic rings. The normalized spacial score (nSPS) is 13.6. The maximum absolute atomic E-state index is 4.99. The number of terminal acetylenes is 1. The maximum atomic E-state index is 4.99. The van der Waals surface area contributed by atoms with Gasteiger partial charge in [-0.1, -0.05) is 32.3 Å². The van der Waals surface area contributed by atoms with E-state index >= 15 is 0 Å². The Kier molecular flexibility index (Phi) is 4.07. The quantitative estimate of drug-likeness (QED) is 0.476. The second-order valence-electron chi connectivity index (χ2n) is 1.91. The van der Waals surface area contributed by atoms with Crippen LogP contribution in [-0.2, 0) is 0 Å². The van der Waals surface area contributed by atoms with E-state index in [-0.39, 0.29) is 0 Å². The third-order valence-electron chi connectivity index (χ3n) is 1.16. The molecule has 0 heteroatoms. The molecule has 0 unspecified atom stereocenters. The summed E-state index contributed by atoms with van der Waals surface area (Å²) in [5.41, 5.74) is 0. The highest BCUT2D eigenvalue weighted by atomic mass is 13.9. The summed E-state index contributed by atoms with van der Waals surface area (Å²) in [4.78, 5) is 0. The average Bonchev–Trinajstić information content (AvgIpc) is 1.83. The zero-order chi connectivity index (χ0) is 6.41. The summed E-state index contributed by atoms with van der Waals surface area (Å²) >= 11 is 0. The number of rotatable bonds is 2. The SMILES string of the molecule is C#C/C=C/[C@H](C)CC. The summed E-state index contributed by atoms with van der Waals surface area (Å²) in [5, 5.41) is 0. The molecular formula is C8H12. The van der Waals surface area contributed by atoms with Crippen molar-refractivity contribution in [2.24, 2.45) is 5.92 Å². The van der Waals surface area contributed by atoms with Crippen molar-refractivity contribution in [1.82, 2.24) is 0 Å². The lowest BCUT2D eigenvalue weighted by atomic mass is 10.1. The molecule has 0 amide bonds. The van der Waals surface area contributed by atoms with E-state index in [2.05, 4.69) is 19.8 Å². The minimum absolute atomic E-state index is 0.631. The second-order valence-corrected chi connectivity index (χ2v) is 1.91. The van der Waals surface area contributed by atoms with E-state index in [1.165, 1.54) is 0 Å². The first-order chi connectivity index (χ1) is 3.81. The van der Waals surface area contributed by atoms with E-state index in [1.807, 2.05) is 6.08 Å². The molecule has 44 valence electrons. The van der Waals surface area contributed by atoms with Crippen LogP contribution >= 0.6 is 0 Å². The van der Waals surface area contributed by atoms with Crippen molar-refractivity contribution in [3.8, 4) is 12.3 Å². The molecule has 0 aliphatic heterocycles. The van der Waals surface area contributed by atoms with Gasteiger partial charge >= 0.3 is 0 Å². The van der Waals surface area contributed by atoms with Crippen LogP contribution in [0, 0.1) is 18.3 Å². The molecule has 0 bridgehead atoms. The molecule has 0 rings (SSSR count). The summed E-state index contributed by atoms with van der Waals surface area (Å²) in [6.45, 7) is 4.29. The topological polar surface area (TPSA) is 0 Å². The van der Waals surface area contributed by atoms with Crippen molar-refractivity contribution < 1.29 is 0 Å². The van der Waals surface area contributed by atoms with Crippen molar-refractivity contribution in [2.45, 2.75) is 20.3 Å². The monoisotopic (exact) mass is 108 g/mol. The van der Waals surface area contributed by atoms with Gasteiger partial charge in [0, 0.05) is 0 Å². The Bertz CT molecular complexity index is 104. The van der Waals surface area contributed by atoms with Crippen molar-refractivity contribution in [3.63, 3.8) is 0 Å². The highest BCUT2D eigenvalue weighted by molar-refractivity contribution is 5.09. The summed E-state index contributed by atoms with van der Waals surface area (Å²) in [6, 6.07) is 0. The summed E-state index contributed by atoms with van der Waals surface area (Å²) in [5.74, 6) is 3.08. The Morgan fingerprint density at radius 2 is 2.38 bits per heavy atom. The third kappa shape index (κ3) is 3.49. The molecule has 0 aromatic heterocycles. The number of hydrogen-bond acceptors (Lipinski definition) is 0.